The second kappa shape index (κ2) is 6.76. The van der Waals surface area contributed by atoms with Gasteiger partial charge in [-0.1, -0.05) is 45.8 Å². The van der Waals surface area contributed by atoms with Crippen LogP contribution in [0.2, 0.25) is 0 Å². The normalized spacial score (nSPS) is 20.7. The largest absolute Gasteiger partial charge is 0.464 e. The van der Waals surface area contributed by atoms with Gasteiger partial charge in [0.15, 0.2) is 0 Å². The molecular formula is C21H16Br2N2OS. The number of benzene rings is 2. The molecule has 136 valence electrons. The Labute approximate surface area is 178 Å². The van der Waals surface area contributed by atoms with Crippen LogP contribution in [0, 0.1) is 6.92 Å². The number of hydrazone groups is 1. The van der Waals surface area contributed by atoms with Crippen molar-refractivity contribution in [2.24, 2.45) is 5.10 Å². The van der Waals surface area contributed by atoms with Gasteiger partial charge in [-0.05, 0) is 53.2 Å². The van der Waals surface area contributed by atoms with Crippen molar-refractivity contribution in [2.75, 3.05) is 0 Å². The van der Waals surface area contributed by atoms with Gasteiger partial charge in [-0.3, -0.25) is 0 Å². The van der Waals surface area contributed by atoms with Crippen LogP contribution >= 0.6 is 43.2 Å². The Kier molecular flexibility index (Phi) is 4.37. The maximum Gasteiger partial charge on any atom is 0.213 e. The first-order chi connectivity index (χ1) is 13.1. The minimum absolute atomic E-state index is 0.174. The minimum atomic E-state index is -0.217. The lowest BCUT2D eigenvalue weighted by molar-refractivity contribution is -0.0190. The zero-order valence-corrected chi connectivity index (χ0v) is 18.5. The average molecular weight is 504 g/mol. The van der Waals surface area contributed by atoms with Crippen molar-refractivity contribution in [3.05, 3.63) is 84.4 Å². The van der Waals surface area contributed by atoms with Gasteiger partial charge in [0, 0.05) is 22.0 Å². The summed E-state index contributed by atoms with van der Waals surface area (Å²) in [5.74, 6) is 0.939. The molecular weight excluding hydrogens is 488 g/mol. The smallest absolute Gasteiger partial charge is 0.213 e. The van der Waals surface area contributed by atoms with Crippen LogP contribution in [0.4, 0.5) is 0 Å². The van der Waals surface area contributed by atoms with Gasteiger partial charge in [-0.2, -0.15) is 5.10 Å². The molecule has 2 aliphatic rings. The summed E-state index contributed by atoms with van der Waals surface area (Å²) in [6.07, 6.45) is 0.660. The van der Waals surface area contributed by atoms with Crippen LogP contribution < -0.4 is 4.74 Å². The summed E-state index contributed by atoms with van der Waals surface area (Å²) in [5, 5.41) is 7.13. The molecule has 0 aliphatic carbocycles. The molecule has 3 heterocycles. The molecule has 0 spiro atoms. The van der Waals surface area contributed by atoms with Crippen molar-refractivity contribution in [2.45, 2.75) is 25.6 Å². The van der Waals surface area contributed by atoms with E-state index in [4.69, 9.17) is 9.84 Å². The lowest BCUT2D eigenvalue weighted by Gasteiger charge is -2.38. The van der Waals surface area contributed by atoms with Gasteiger partial charge in [0.1, 0.15) is 5.75 Å². The monoisotopic (exact) mass is 502 g/mol. The van der Waals surface area contributed by atoms with E-state index in [1.165, 1.54) is 16.0 Å². The summed E-state index contributed by atoms with van der Waals surface area (Å²) in [7, 11) is 0. The van der Waals surface area contributed by atoms with Gasteiger partial charge in [0.2, 0.25) is 6.23 Å². The molecule has 5 rings (SSSR count). The van der Waals surface area contributed by atoms with E-state index in [-0.39, 0.29) is 12.3 Å². The van der Waals surface area contributed by atoms with Crippen LogP contribution in [0.5, 0.6) is 5.75 Å². The molecule has 0 amide bonds. The van der Waals surface area contributed by atoms with E-state index in [2.05, 4.69) is 92.3 Å². The van der Waals surface area contributed by atoms with Crippen molar-refractivity contribution in [1.29, 1.82) is 0 Å². The van der Waals surface area contributed by atoms with Crippen molar-refractivity contribution < 1.29 is 4.74 Å². The molecule has 0 bridgehead atoms. The van der Waals surface area contributed by atoms with Crippen molar-refractivity contribution in [1.82, 2.24) is 5.01 Å². The van der Waals surface area contributed by atoms with Crippen LogP contribution in [0.15, 0.2) is 68.0 Å². The third-order valence-corrected chi connectivity index (χ3v) is 7.14. The first-order valence-electron chi connectivity index (χ1n) is 8.73. The fraction of sp³-hybridized carbons (Fsp3) is 0.190. The lowest BCUT2D eigenvalue weighted by Crippen LogP contribution is -2.33. The zero-order valence-electron chi connectivity index (χ0n) is 14.5. The number of hydrogen-bond donors (Lipinski definition) is 0. The highest BCUT2D eigenvalue weighted by molar-refractivity contribution is 9.11. The molecule has 1 aromatic heterocycles. The van der Waals surface area contributed by atoms with Gasteiger partial charge in [0.25, 0.3) is 0 Å². The topological polar surface area (TPSA) is 24.8 Å². The molecule has 0 saturated heterocycles. The SMILES string of the molecule is Cc1ccc(C2Oc3ccc(Br)cc3C3CC(c4ccc(Br)s4)=NN32)cc1. The summed E-state index contributed by atoms with van der Waals surface area (Å²) in [5.41, 5.74) is 4.66. The molecule has 2 atom stereocenters. The summed E-state index contributed by atoms with van der Waals surface area (Å²) in [6.45, 7) is 2.10. The van der Waals surface area contributed by atoms with E-state index >= 15 is 0 Å². The number of rotatable bonds is 2. The van der Waals surface area contributed by atoms with Crippen molar-refractivity contribution in [3.63, 3.8) is 0 Å². The van der Waals surface area contributed by atoms with E-state index in [1.54, 1.807) is 11.3 Å². The van der Waals surface area contributed by atoms with E-state index < -0.39 is 0 Å². The van der Waals surface area contributed by atoms with Gasteiger partial charge >= 0.3 is 0 Å². The number of nitrogens with zero attached hydrogens (tertiary/aromatic N) is 2. The van der Waals surface area contributed by atoms with Gasteiger partial charge < -0.3 is 4.74 Å². The predicted octanol–water partition coefficient (Wildman–Crippen LogP) is 6.82. The zero-order chi connectivity index (χ0) is 18.5. The quantitative estimate of drug-likeness (QED) is 0.383. The highest BCUT2D eigenvalue weighted by atomic mass is 79.9. The molecule has 3 nitrogen and oxygen atoms in total. The third kappa shape index (κ3) is 3.13. The molecule has 2 aliphatic heterocycles. The highest BCUT2D eigenvalue weighted by Gasteiger charge is 2.41. The third-order valence-electron chi connectivity index (χ3n) is 4.97. The van der Waals surface area contributed by atoms with E-state index in [1.807, 2.05) is 6.07 Å². The summed E-state index contributed by atoms with van der Waals surface area (Å²) in [6, 6.07) is 19.2. The van der Waals surface area contributed by atoms with Crippen LogP contribution in [0.25, 0.3) is 0 Å². The predicted molar refractivity (Wildman–Crippen MR) is 116 cm³/mol. The number of halogens is 2. The first kappa shape index (κ1) is 17.5. The Morgan fingerprint density at radius 2 is 1.89 bits per heavy atom. The Morgan fingerprint density at radius 3 is 2.63 bits per heavy atom. The number of ether oxygens (including phenoxy) is 1. The molecule has 0 fully saturated rings. The Hall–Kier alpha value is -1.63. The fourth-order valence-corrected chi connectivity index (χ4v) is 5.39. The van der Waals surface area contributed by atoms with Crippen LogP contribution in [-0.4, -0.2) is 10.7 Å². The highest BCUT2D eigenvalue weighted by Crippen LogP contribution is 2.48. The number of hydrogen-bond acceptors (Lipinski definition) is 4. The Morgan fingerprint density at radius 1 is 1.07 bits per heavy atom. The lowest BCUT2D eigenvalue weighted by atomic mass is 9.97. The molecule has 2 unspecified atom stereocenters. The molecule has 0 radical (unpaired) electrons. The van der Waals surface area contributed by atoms with E-state index in [0.29, 0.717) is 0 Å². The van der Waals surface area contributed by atoms with Gasteiger partial charge in [-0.25, -0.2) is 5.01 Å². The minimum Gasteiger partial charge on any atom is -0.464 e. The van der Waals surface area contributed by atoms with Crippen LogP contribution in [0.3, 0.4) is 0 Å². The number of fused-ring (bicyclic) bond motifs is 3. The maximum atomic E-state index is 6.41. The summed E-state index contributed by atoms with van der Waals surface area (Å²) in [4.78, 5) is 1.20. The Balaban J connectivity index is 1.60. The second-order valence-electron chi connectivity index (χ2n) is 6.81. The Bertz CT molecular complexity index is 1040. The number of aryl methyl sites for hydroxylation is 1. The molecule has 6 heteroatoms. The van der Waals surface area contributed by atoms with Gasteiger partial charge in [0.05, 0.1) is 20.4 Å². The summed E-state index contributed by atoms with van der Waals surface area (Å²) >= 11 is 8.89. The number of thiophene rings is 1. The second-order valence-corrected chi connectivity index (χ2v) is 10.2. The van der Waals surface area contributed by atoms with Crippen molar-refractivity contribution >= 4 is 48.9 Å². The van der Waals surface area contributed by atoms with Gasteiger partial charge in [-0.15, -0.1) is 11.3 Å². The van der Waals surface area contributed by atoms with E-state index in [9.17, 15) is 0 Å². The van der Waals surface area contributed by atoms with Crippen LogP contribution in [-0.2, 0) is 0 Å². The molecule has 0 N–H and O–H groups in total. The maximum absolute atomic E-state index is 6.41. The molecule has 2 aromatic carbocycles. The van der Waals surface area contributed by atoms with Crippen molar-refractivity contribution in [3.8, 4) is 5.75 Å². The standard InChI is InChI=1S/C21H16Br2N2OS/c1-12-2-4-13(5-3-12)21-25-17(15-10-14(22)6-7-18(15)26-21)11-16(24-25)19-8-9-20(23)27-19/h2-10,17,21H,11H2,1H3. The van der Waals surface area contributed by atoms with E-state index in [0.717, 1.165) is 31.7 Å². The summed E-state index contributed by atoms with van der Waals surface area (Å²) < 4.78 is 8.59. The average Bonchev–Trinajstić information content (AvgIpc) is 3.28. The first-order valence-corrected chi connectivity index (χ1v) is 11.1. The molecule has 27 heavy (non-hydrogen) atoms. The molecule has 0 saturated carbocycles. The molecule has 3 aromatic rings. The fourth-order valence-electron chi connectivity index (χ4n) is 3.63. The van der Waals surface area contributed by atoms with Crippen LogP contribution in [0.1, 0.15) is 40.3 Å².